The van der Waals surface area contributed by atoms with Crippen molar-refractivity contribution in [3.63, 3.8) is 0 Å². The van der Waals surface area contributed by atoms with Crippen molar-refractivity contribution in [3.8, 4) is 0 Å². The Morgan fingerprint density at radius 1 is 1.08 bits per heavy atom. The summed E-state index contributed by atoms with van der Waals surface area (Å²) in [5.41, 5.74) is 1.09. The van der Waals surface area contributed by atoms with Crippen molar-refractivity contribution in [3.05, 3.63) is 71.7 Å². The van der Waals surface area contributed by atoms with Crippen LogP contribution in [0.1, 0.15) is 60.2 Å². The van der Waals surface area contributed by atoms with Gasteiger partial charge in [0.15, 0.2) is 17.2 Å². The van der Waals surface area contributed by atoms with E-state index in [1.807, 2.05) is 4.90 Å². The minimum absolute atomic E-state index is 0.0814. The molecule has 0 bridgehead atoms. The lowest BCUT2D eigenvalue weighted by atomic mass is 10.0. The van der Waals surface area contributed by atoms with Gasteiger partial charge < -0.3 is 15.3 Å². The van der Waals surface area contributed by atoms with Crippen molar-refractivity contribution in [2.45, 2.75) is 50.3 Å². The molecule has 1 saturated heterocycles. The zero-order valence-electron chi connectivity index (χ0n) is 19.4. The number of anilines is 2. The van der Waals surface area contributed by atoms with E-state index in [1.165, 1.54) is 16.8 Å². The molecule has 1 aromatic carbocycles. The van der Waals surface area contributed by atoms with Gasteiger partial charge in [-0.25, -0.2) is 13.8 Å². The van der Waals surface area contributed by atoms with Crippen LogP contribution in [0.3, 0.4) is 0 Å². The van der Waals surface area contributed by atoms with E-state index in [-0.39, 0.29) is 23.9 Å². The van der Waals surface area contributed by atoms with Crippen LogP contribution < -0.4 is 10.2 Å². The molecule has 2 N–H and O–H groups in total. The molecule has 1 saturated carbocycles. The number of rotatable bonds is 5. The topological polar surface area (TPSA) is 101 Å². The van der Waals surface area contributed by atoms with Gasteiger partial charge in [-0.2, -0.15) is 9.61 Å². The molecular weight excluding hydrogens is 468 g/mol. The number of nitrogens with zero attached hydrogens (tertiary/aromatic N) is 6. The molecule has 3 aromatic heterocycles. The summed E-state index contributed by atoms with van der Waals surface area (Å²) in [7, 11) is 0. The molecule has 4 heterocycles. The van der Waals surface area contributed by atoms with Gasteiger partial charge in [0.05, 0.1) is 24.4 Å². The van der Waals surface area contributed by atoms with Crippen LogP contribution in [0.15, 0.2) is 48.8 Å². The SMILES string of the molecule is O=C(Nc1cnc2ccc(N3CCC[C@@H]3c3cc(F)ccc3F)nn12)c1ccn(C2CCC(O)C2)n1. The van der Waals surface area contributed by atoms with Crippen LogP contribution in [0.2, 0.25) is 0 Å². The molecule has 2 unspecified atom stereocenters. The second kappa shape index (κ2) is 8.98. The van der Waals surface area contributed by atoms with Gasteiger partial charge in [-0.3, -0.25) is 9.48 Å². The molecule has 36 heavy (non-hydrogen) atoms. The van der Waals surface area contributed by atoms with E-state index in [2.05, 4.69) is 20.5 Å². The van der Waals surface area contributed by atoms with Gasteiger partial charge in [-0.15, -0.1) is 5.10 Å². The van der Waals surface area contributed by atoms with E-state index in [0.29, 0.717) is 42.2 Å². The lowest BCUT2D eigenvalue weighted by Crippen LogP contribution is -2.25. The molecule has 2 fully saturated rings. The average Bonchev–Trinajstić information content (AvgIpc) is 3.67. The Morgan fingerprint density at radius 3 is 2.81 bits per heavy atom. The van der Waals surface area contributed by atoms with Gasteiger partial charge in [0.25, 0.3) is 5.91 Å². The van der Waals surface area contributed by atoms with Crippen LogP contribution in [0.5, 0.6) is 0 Å². The predicted molar refractivity (Wildman–Crippen MR) is 128 cm³/mol. The van der Waals surface area contributed by atoms with Crippen molar-refractivity contribution >= 4 is 23.2 Å². The van der Waals surface area contributed by atoms with Crippen LogP contribution in [0, 0.1) is 11.6 Å². The standard InChI is InChI=1S/C25H25F2N7O2/c26-15-3-6-19(27)18(12-15)21-2-1-10-32(21)23-8-7-22-28-14-24(34(22)31-23)29-25(36)20-9-11-33(30-20)16-4-5-17(35)13-16/h3,6-9,11-12,14,16-17,21,35H,1-2,4-5,10,13H2,(H,29,36)/t16?,17?,21-/m1/s1. The van der Waals surface area contributed by atoms with Crippen LogP contribution in [-0.2, 0) is 0 Å². The van der Waals surface area contributed by atoms with Crippen LogP contribution in [0.4, 0.5) is 20.4 Å². The molecule has 0 spiro atoms. The van der Waals surface area contributed by atoms with Crippen molar-refractivity contribution in [2.24, 2.45) is 0 Å². The first-order chi connectivity index (χ1) is 17.5. The maximum absolute atomic E-state index is 14.5. The Hall–Kier alpha value is -3.86. The summed E-state index contributed by atoms with van der Waals surface area (Å²) >= 11 is 0. The van der Waals surface area contributed by atoms with E-state index in [1.54, 1.807) is 29.1 Å². The molecule has 9 nitrogen and oxygen atoms in total. The van der Waals surface area contributed by atoms with Crippen LogP contribution in [0.25, 0.3) is 5.65 Å². The largest absolute Gasteiger partial charge is 0.393 e. The molecule has 0 radical (unpaired) electrons. The average molecular weight is 494 g/mol. The number of hydrogen-bond donors (Lipinski definition) is 2. The smallest absolute Gasteiger partial charge is 0.277 e. The van der Waals surface area contributed by atoms with Gasteiger partial charge in [0.2, 0.25) is 0 Å². The normalized spacial score (nSPS) is 22.0. The third-order valence-corrected chi connectivity index (χ3v) is 7.05. The second-order valence-electron chi connectivity index (χ2n) is 9.38. The van der Waals surface area contributed by atoms with E-state index in [0.717, 1.165) is 31.4 Å². The summed E-state index contributed by atoms with van der Waals surface area (Å²) in [5.74, 6) is -0.381. The molecule has 1 aliphatic heterocycles. The van der Waals surface area contributed by atoms with Gasteiger partial charge >= 0.3 is 0 Å². The fourth-order valence-corrected chi connectivity index (χ4v) is 5.25. The van der Waals surface area contributed by atoms with Crippen molar-refractivity contribution in [1.82, 2.24) is 24.4 Å². The number of halogens is 2. The highest BCUT2D eigenvalue weighted by Gasteiger charge is 2.30. The molecule has 2 aliphatic rings. The summed E-state index contributed by atoms with van der Waals surface area (Å²) in [6.07, 6.45) is 6.60. The summed E-state index contributed by atoms with van der Waals surface area (Å²) in [6.45, 7) is 0.642. The van der Waals surface area contributed by atoms with E-state index >= 15 is 0 Å². The minimum atomic E-state index is -0.479. The molecule has 4 aromatic rings. The summed E-state index contributed by atoms with van der Waals surface area (Å²) in [6, 6.07) is 8.45. The number of aliphatic hydroxyl groups excluding tert-OH is 1. The predicted octanol–water partition coefficient (Wildman–Crippen LogP) is 3.88. The second-order valence-corrected chi connectivity index (χ2v) is 9.38. The minimum Gasteiger partial charge on any atom is -0.393 e. The molecule has 1 amide bonds. The van der Waals surface area contributed by atoms with Crippen LogP contribution in [-0.4, -0.2) is 48.0 Å². The number of nitrogens with one attached hydrogen (secondary N) is 1. The zero-order valence-corrected chi connectivity index (χ0v) is 19.4. The fraction of sp³-hybridized carbons (Fsp3) is 0.360. The van der Waals surface area contributed by atoms with Gasteiger partial charge in [0, 0.05) is 18.3 Å². The molecule has 186 valence electrons. The number of aliphatic hydroxyl groups is 1. The highest BCUT2D eigenvalue weighted by atomic mass is 19.1. The summed E-state index contributed by atoms with van der Waals surface area (Å²) < 4.78 is 31.6. The zero-order chi connectivity index (χ0) is 24.8. The molecule has 6 rings (SSSR count). The first-order valence-electron chi connectivity index (χ1n) is 12.1. The van der Waals surface area contributed by atoms with E-state index in [9.17, 15) is 18.7 Å². The Balaban J connectivity index is 1.25. The Morgan fingerprint density at radius 2 is 1.97 bits per heavy atom. The van der Waals surface area contributed by atoms with E-state index < -0.39 is 17.5 Å². The molecule has 3 atom stereocenters. The third kappa shape index (κ3) is 4.09. The first-order valence-corrected chi connectivity index (χ1v) is 12.1. The monoisotopic (exact) mass is 493 g/mol. The third-order valence-electron chi connectivity index (χ3n) is 7.05. The van der Waals surface area contributed by atoms with E-state index in [4.69, 9.17) is 0 Å². The molecule has 1 aliphatic carbocycles. The van der Waals surface area contributed by atoms with Gasteiger partial charge in [0.1, 0.15) is 17.5 Å². The maximum atomic E-state index is 14.5. The Kier molecular flexibility index (Phi) is 5.63. The fourth-order valence-electron chi connectivity index (χ4n) is 5.25. The molecule has 11 heteroatoms. The number of hydrogen-bond acceptors (Lipinski definition) is 6. The lowest BCUT2D eigenvalue weighted by Gasteiger charge is -2.26. The van der Waals surface area contributed by atoms with Gasteiger partial charge in [-0.05, 0) is 68.5 Å². The highest BCUT2D eigenvalue weighted by molar-refractivity contribution is 6.02. The summed E-state index contributed by atoms with van der Waals surface area (Å²) in [4.78, 5) is 19.2. The number of carbonyl (C=O) groups excluding carboxylic acids is 1. The maximum Gasteiger partial charge on any atom is 0.277 e. The number of benzene rings is 1. The quantitative estimate of drug-likeness (QED) is 0.438. The number of imidazole rings is 1. The summed E-state index contributed by atoms with van der Waals surface area (Å²) in [5, 5.41) is 21.7. The number of carbonyl (C=O) groups is 1. The highest BCUT2D eigenvalue weighted by Crippen LogP contribution is 2.37. The molecular formula is C25H25F2N7O2. The Bertz CT molecular complexity index is 1440. The van der Waals surface area contributed by atoms with Crippen molar-refractivity contribution in [2.75, 3.05) is 16.8 Å². The number of fused-ring (bicyclic) bond motifs is 1. The Labute approximate surface area is 205 Å². The lowest BCUT2D eigenvalue weighted by molar-refractivity contribution is 0.102. The van der Waals surface area contributed by atoms with Crippen molar-refractivity contribution in [1.29, 1.82) is 0 Å². The van der Waals surface area contributed by atoms with Crippen LogP contribution >= 0.6 is 0 Å². The number of aromatic nitrogens is 5. The first kappa shape index (κ1) is 22.6. The van der Waals surface area contributed by atoms with Gasteiger partial charge in [-0.1, -0.05) is 0 Å². The number of amides is 1. The van der Waals surface area contributed by atoms with Crippen molar-refractivity contribution < 1.29 is 18.7 Å².